The Morgan fingerprint density at radius 3 is 2.69 bits per heavy atom. The van der Waals surface area contributed by atoms with Crippen LogP contribution in [0.2, 0.25) is 0 Å². The van der Waals surface area contributed by atoms with E-state index in [0.29, 0.717) is 18.7 Å². The number of aryl methyl sites for hydroxylation is 1. The van der Waals surface area contributed by atoms with Gasteiger partial charge in [-0.2, -0.15) is 5.26 Å². The second-order valence-electron chi connectivity index (χ2n) is 9.49. The van der Waals surface area contributed by atoms with Gasteiger partial charge in [-0.3, -0.25) is 4.90 Å². The van der Waals surface area contributed by atoms with Crippen molar-refractivity contribution >= 4 is 17.9 Å². The van der Waals surface area contributed by atoms with E-state index >= 15 is 0 Å². The van der Waals surface area contributed by atoms with Crippen molar-refractivity contribution in [2.45, 2.75) is 75.5 Å². The lowest BCUT2D eigenvalue weighted by atomic mass is 10.0. The number of nitriles is 1. The molecule has 1 aliphatic heterocycles. The Morgan fingerprint density at radius 1 is 1.38 bits per heavy atom. The number of nitrogens with zero attached hydrogens (tertiary/aromatic N) is 3. The van der Waals surface area contributed by atoms with Crippen LogP contribution in [-0.4, -0.2) is 40.0 Å². The number of aromatic nitrogens is 1. The summed E-state index contributed by atoms with van der Waals surface area (Å²) in [5.74, 6) is 0. The number of carbonyl (C=O) groups excluding carboxylic acids is 1. The lowest BCUT2D eigenvalue weighted by Crippen LogP contribution is -2.50. The summed E-state index contributed by atoms with van der Waals surface area (Å²) in [5, 5.41) is 9.55. The van der Waals surface area contributed by atoms with Gasteiger partial charge >= 0.3 is 6.09 Å². The number of carbonyl (C=O) groups is 1. The van der Waals surface area contributed by atoms with Gasteiger partial charge in [0.05, 0.1) is 12.6 Å². The first kappa shape index (κ1) is 24.1. The lowest BCUT2D eigenvalue weighted by molar-refractivity contribution is -0.0626. The minimum atomic E-state index is -0.762. The fourth-order valence-electron chi connectivity index (χ4n) is 3.77. The average Bonchev–Trinajstić information content (AvgIpc) is 3.01. The quantitative estimate of drug-likeness (QED) is 0.528. The summed E-state index contributed by atoms with van der Waals surface area (Å²) in [6.07, 6.45) is 1.98. The molecule has 2 aromatic rings. The Labute approximate surface area is 194 Å². The zero-order valence-electron chi connectivity index (χ0n) is 19.6. The highest BCUT2D eigenvalue weighted by Gasteiger charge is 2.46. The van der Waals surface area contributed by atoms with Gasteiger partial charge in [0.2, 0.25) is 0 Å². The number of hydrogen-bond donors (Lipinski definition) is 0. The van der Waals surface area contributed by atoms with Crippen LogP contribution < -0.4 is 0 Å². The molecule has 0 radical (unpaired) electrons. The Hall–Kier alpha value is -2.56. The van der Waals surface area contributed by atoms with Gasteiger partial charge in [-0.05, 0) is 65.2 Å². The summed E-state index contributed by atoms with van der Waals surface area (Å²) >= 11 is 1.60. The Balaban J connectivity index is 1.92. The maximum atomic E-state index is 13.1. The largest absolute Gasteiger partial charge is 0.444 e. The summed E-state index contributed by atoms with van der Waals surface area (Å²) in [4.78, 5) is 19.9. The summed E-state index contributed by atoms with van der Waals surface area (Å²) in [5.41, 5.74) is 1.18. The zero-order chi connectivity index (χ0) is 23.5. The first-order chi connectivity index (χ1) is 15.0. The molecule has 0 bridgehead atoms. The second kappa shape index (κ2) is 9.51. The molecule has 0 aliphatic carbocycles. The van der Waals surface area contributed by atoms with E-state index in [9.17, 15) is 10.1 Å². The molecule has 3 rings (SSSR count). The molecule has 1 fully saturated rings. The molecule has 1 aromatic heterocycles. The van der Waals surface area contributed by atoms with Crippen LogP contribution in [0.25, 0.3) is 0 Å². The van der Waals surface area contributed by atoms with Gasteiger partial charge in [-0.25, -0.2) is 9.78 Å². The summed E-state index contributed by atoms with van der Waals surface area (Å²) in [7, 11) is 0. The number of hydrogen-bond acceptors (Lipinski definition) is 6. The lowest BCUT2D eigenvalue weighted by Gasteiger charge is -2.36. The first-order valence-electron chi connectivity index (χ1n) is 10.7. The summed E-state index contributed by atoms with van der Waals surface area (Å²) < 4.78 is 11.7. The van der Waals surface area contributed by atoms with Crippen molar-refractivity contribution < 1.29 is 14.3 Å². The molecule has 0 saturated carbocycles. The van der Waals surface area contributed by atoms with Gasteiger partial charge in [-0.15, -0.1) is 11.8 Å². The third-order valence-corrected chi connectivity index (χ3v) is 6.50. The van der Waals surface area contributed by atoms with Crippen LogP contribution in [0.5, 0.6) is 0 Å². The van der Waals surface area contributed by atoms with E-state index in [0.717, 1.165) is 16.0 Å². The minimum Gasteiger partial charge on any atom is -0.444 e. The van der Waals surface area contributed by atoms with Gasteiger partial charge in [0, 0.05) is 16.3 Å². The van der Waals surface area contributed by atoms with E-state index in [1.807, 2.05) is 65.8 Å². The number of ether oxygens (including phenoxy) is 2. The van der Waals surface area contributed by atoms with Crippen LogP contribution in [0.15, 0.2) is 47.5 Å². The van der Waals surface area contributed by atoms with Crippen LogP contribution in [0, 0.1) is 18.3 Å². The van der Waals surface area contributed by atoms with E-state index in [-0.39, 0.29) is 17.4 Å². The minimum absolute atomic E-state index is 0.000614. The van der Waals surface area contributed by atoms with Crippen LogP contribution >= 0.6 is 11.8 Å². The average molecular weight is 454 g/mol. The summed E-state index contributed by atoms with van der Waals surface area (Å²) in [6.45, 7) is 11.8. The standard InChI is InChI=1S/C25H31N3O3S/c1-17-12-22(20(14-26)27-15-17)32-21(18-10-8-7-9-11-18)13-19-16-30-25(5,6)28(19)23(29)31-24(2,3)4/h7-12,15,19,21H,13,16H2,1-6H3/t19-,21+/m0/s1. The number of benzene rings is 1. The van der Waals surface area contributed by atoms with Gasteiger partial charge in [-0.1, -0.05) is 30.3 Å². The Bertz CT molecular complexity index is 996. The molecule has 6 nitrogen and oxygen atoms in total. The van der Waals surface area contributed by atoms with E-state index in [2.05, 4.69) is 23.2 Å². The molecule has 32 heavy (non-hydrogen) atoms. The molecular weight excluding hydrogens is 422 g/mol. The molecule has 2 heterocycles. The fourth-order valence-corrected chi connectivity index (χ4v) is 5.16. The molecule has 1 saturated heterocycles. The van der Waals surface area contributed by atoms with Gasteiger partial charge in [0.1, 0.15) is 17.4 Å². The third-order valence-electron chi connectivity index (χ3n) is 5.19. The van der Waals surface area contributed by atoms with Crippen molar-refractivity contribution in [2.75, 3.05) is 6.61 Å². The maximum absolute atomic E-state index is 13.1. The second-order valence-corrected chi connectivity index (χ2v) is 10.7. The van der Waals surface area contributed by atoms with Gasteiger partial charge in [0.25, 0.3) is 0 Å². The SMILES string of the molecule is Cc1cnc(C#N)c(S[C@H](C[C@H]2COC(C)(C)N2C(=O)OC(C)(C)C)c2ccccc2)c1. The maximum Gasteiger partial charge on any atom is 0.412 e. The monoisotopic (exact) mass is 453 g/mol. The van der Waals surface area contributed by atoms with Crippen molar-refractivity contribution in [1.29, 1.82) is 5.26 Å². The third kappa shape index (κ3) is 5.81. The molecule has 170 valence electrons. The van der Waals surface area contributed by atoms with Crippen LogP contribution in [0.1, 0.15) is 63.1 Å². The van der Waals surface area contributed by atoms with E-state index in [1.165, 1.54) is 0 Å². The highest BCUT2D eigenvalue weighted by atomic mass is 32.2. The first-order valence-corrected chi connectivity index (χ1v) is 11.6. The smallest absolute Gasteiger partial charge is 0.412 e. The number of pyridine rings is 1. The number of amides is 1. The zero-order valence-corrected chi connectivity index (χ0v) is 20.4. The Morgan fingerprint density at radius 2 is 2.06 bits per heavy atom. The van der Waals surface area contributed by atoms with Crippen molar-refractivity contribution in [3.05, 3.63) is 59.4 Å². The molecule has 1 amide bonds. The van der Waals surface area contributed by atoms with Crippen LogP contribution in [-0.2, 0) is 9.47 Å². The predicted octanol–water partition coefficient (Wildman–Crippen LogP) is 5.86. The fraction of sp³-hybridized carbons (Fsp3) is 0.480. The van der Waals surface area contributed by atoms with Crippen molar-refractivity contribution in [3.8, 4) is 6.07 Å². The molecule has 0 spiro atoms. The molecule has 0 N–H and O–H groups in total. The topological polar surface area (TPSA) is 75.5 Å². The predicted molar refractivity (Wildman–Crippen MR) is 125 cm³/mol. The molecule has 2 atom stereocenters. The van der Waals surface area contributed by atoms with E-state index in [4.69, 9.17) is 9.47 Å². The highest BCUT2D eigenvalue weighted by Crippen LogP contribution is 2.43. The van der Waals surface area contributed by atoms with Crippen molar-refractivity contribution in [3.63, 3.8) is 0 Å². The Kier molecular flexibility index (Phi) is 7.16. The van der Waals surface area contributed by atoms with Gasteiger partial charge < -0.3 is 9.47 Å². The van der Waals surface area contributed by atoms with Crippen LogP contribution in [0.4, 0.5) is 4.79 Å². The van der Waals surface area contributed by atoms with Crippen molar-refractivity contribution in [1.82, 2.24) is 9.88 Å². The normalized spacial score (nSPS) is 18.8. The molecule has 1 aromatic carbocycles. The van der Waals surface area contributed by atoms with E-state index < -0.39 is 11.3 Å². The summed E-state index contributed by atoms with van der Waals surface area (Å²) in [6, 6.07) is 14.2. The van der Waals surface area contributed by atoms with Crippen molar-refractivity contribution in [2.24, 2.45) is 0 Å². The highest BCUT2D eigenvalue weighted by molar-refractivity contribution is 7.99. The van der Waals surface area contributed by atoms with E-state index in [1.54, 1.807) is 22.9 Å². The number of thioether (sulfide) groups is 1. The molecule has 7 heteroatoms. The molecular formula is C25H31N3O3S. The van der Waals surface area contributed by atoms with Crippen LogP contribution in [0.3, 0.4) is 0 Å². The number of rotatable bonds is 5. The molecule has 1 aliphatic rings. The molecule has 0 unspecified atom stereocenters. The van der Waals surface area contributed by atoms with Gasteiger partial charge in [0.15, 0.2) is 5.69 Å².